The Hall–Kier alpha value is -4.46. The smallest absolute Gasteiger partial charge is 0.225 e. The van der Waals surface area contributed by atoms with Crippen LogP contribution in [0.2, 0.25) is 0 Å². The third kappa shape index (κ3) is 7.16. The molecule has 46 heavy (non-hydrogen) atoms. The molecule has 2 heterocycles. The van der Waals surface area contributed by atoms with E-state index in [4.69, 9.17) is 0 Å². The zero-order valence-electron chi connectivity index (χ0n) is 24.4. The number of benzene rings is 3. The second kappa shape index (κ2) is 13.9. The molecule has 1 aromatic heterocycles. The van der Waals surface area contributed by atoms with E-state index in [0.717, 1.165) is 18.3 Å². The number of piperazine rings is 1. The van der Waals surface area contributed by atoms with Crippen molar-refractivity contribution in [2.75, 3.05) is 25.0 Å². The van der Waals surface area contributed by atoms with Gasteiger partial charge in [-0.15, -0.1) is 0 Å². The summed E-state index contributed by atoms with van der Waals surface area (Å²) in [6.45, 7) is 0.846. The van der Waals surface area contributed by atoms with Crippen LogP contribution < -0.4 is 16.0 Å². The van der Waals surface area contributed by atoms with Crippen molar-refractivity contribution in [1.29, 1.82) is 0 Å². The van der Waals surface area contributed by atoms with Gasteiger partial charge in [-0.1, -0.05) is 24.3 Å². The summed E-state index contributed by atoms with van der Waals surface area (Å²) in [5.74, 6) is -4.54. The fourth-order valence-corrected chi connectivity index (χ4v) is 7.52. The zero-order valence-corrected chi connectivity index (χ0v) is 25.2. The molecule has 1 saturated heterocycles. The number of carbonyl (C=O) groups is 2. The van der Waals surface area contributed by atoms with Crippen LogP contribution in [-0.4, -0.2) is 50.1 Å². The molecule has 4 aromatic rings. The van der Waals surface area contributed by atoms with Gasteiger partial charge in [-0.3, -0.25) is 19.9 Å². The summed E-state index contributed by atoms with van der Waals surface area (Å²) >= 11 is 0. The Morgan fingerprint density at radius 1 is 0.913 bits per heavy atom. The summed E-state index contributed by atoms with van der Waals surface area (Å²) in [7, 11) is -4.06. The van der Waals surface area contributed by atoms with Crippen LogP contribution in [0.15, 0.2) is 84.0 Å². The van der Waals surface area contributed by atoms with Crippen molar-refractivity contribution in [2.45, 2.75) is 34.9 Å². The highest BCUT2D eigenvalue weighted by Gasteiger charge is 2.45. The molecule has 0 bridgehead atoms. The van der Waals surface area contributed by atoms with E-state index in [0.29, 0.717) is 36.6 Å². The number of pyridine rings is 1. The van der Waals surface area contributed by atoms with Gasteiger partial charge in [-0.05, 0) is 60.4 Å². The maximum absolute atomic E-state index is 15.3. The molecule has 1 aliphatic rings. The van der Waals surface area contributed by atoms with E-state index < -0.39 is 49.8 Å². The fourth-order valence-electron chi connectivity index (χ4n) is 5.62. The number of carbonyl (C=O) groups excluding carboxylic acids is 2. The van der Waals surface area contributed by atoms with Crippen molar-refractivity contribution < 1.29 is 35.6 Å². The minimum absolute atomic E-state index is 0.0000635. The average Bonchev–Trinajstić information content (AvgIpc) is 3.04. The second-order valence-corrected chi connectivity index (χ2v) is 13.3. The third-order valence-electron chi connectivity index (χ3n) is 8.01. The van der Waals surface area contributed by atoms with Gasteiger partial charge in [0.2, 0.25) is 5.91 Å². The number of aldehydes is 1. The minimum atomic E-state index is -4.06. The van der Waals surface area contributed by atoms with E-state index in [1.54, 1.807) is 0 Å². The highest BCUT2D eigenvalue weighted by molar-refractivity contribution is 7.92. The van der Waals surface area contributed by atoms with Crippen LogP contribution >= 0.6 is 0 Å². The Balaban J connectivity index is 1.40. The van der Waals surface area contributed by atoms with Gasteiger partial charge in [0.1, 0.15) is 34.4 Å². The number of amides is 1. The van der Waals surface area contributed by atoms with Crippen molar-refractivity contribution in [2.24, 2.45) is 0 Å². The molecule has 240 valence electrons. The van der Waals surface area contributed by atoms with Crippen LogP contribution in [0.25, 0.3) is 0 Å². The molecule has 13 heteroatoms. The summed E-state index contributed by atoms with van der Waals surface area (Å²) in [5.41, 5.74) is 0.882. The summed E-state index contributed by atoms with van der Waals surface area (Å²) < 4.78 is 84.9. The number of hydrogen-bond acceptors (Lipinski definition) is 7. The van der Waals surface area contributed by atoms with E-state index in [1.165, 1.54) is 54.7 Å². The van der Waals surface area contributed by atoms with Crippen LogP contribution in [0.1, 0.15) is 45.8 Å². The first kappa shape index (κ1) is 32.9. The standard InChI is InChI=1S/C33H30F4N4O4S/c34-24-5-3-22(4-6-24)29(23-13-25(35)15-26(36)14-23)16-32(43)41-31-18-39-17-30(37)28(31)9-10-33(20-38-11-12-40-33)46(44,45)27-7-1-21(19-42)2-8-27/h1-8,13-15,17-19,29,38,40H,9-12,16,20H2,(H,41,43)/t29-,33-/m0/s1. The summed E-state index contributed by atoms with van der Waals surface area (Å²) in [5, 5.41) is 8.80. The van der Waals surface area contributed by atoms with E-state index in [9.17, 15) is 31.2 Å². The predicted octanol–water partition coefficient (Wildman–Crippen LogP) is 4.91. The number of halogens is 4. The Labute approximate surface area is 263 Å². The number of sulfone groups is 1. The van der Waals surface area contributed by atoms with Crippen LogP contribution in [-0.2, 0) is 21.1 Å². The second-order valence-electron chi connectivity index (χ2n) is 11.0. The van der Waals surface area contributed by atoms with E-state index >= 15 is 4.39 Å². The van der Waals surface area contributed by atoms with Gasteiger partial charge in [-0.25, -0.2) is 26.0 Å². The van der Waals surface area contributed by atoms with Crippen molar-refractivity contribution in [1.82, 2.24) is 15.6 Å². The number of nitrogens with one attached hydrogen (secondary N) is 3. The van der Waals surface area contributed by atoms with E-state index in [2.05, 4.69) is 20.9 Å². The monoisotopic (exact) mass is 654 g/mol. The fraction of sp³-hybridized carbons (Fsp3) is 0.242. The summed E-state index contributed by atoms with van der Waals surface area (Å²) in [4.78, 5) is 26.7. The highest BCUT2D eigenvalue weighted by atomic mass is 32.2. The summed E-state index contributed by atoms with van der Waals surface area (Å²) in [6, 6.07) is 13.5. The lowest BCUT2D eigenvalue weighted by Gasteiger charge is -2.38. The first-order valence-corrected chi connectivity index (χ1v) is 15.9. The maximum Gasteiger partial charge on any atom is 0.225 e. The van der Waals surface area contributed by atoms with Gasteiger partial charge >= 0.3 is 0 Å². The van der Waals surface area contributed by atoms with Crippen LogP contribution in [0.5, 0.6) is 0 Å². The quantitative estimate of drug-likeness (QED) is 0.156. The molecule has 0 unspecified atom stereocenters. The molecule has 1 fully saturated rings. The lowest BCUT2D eigenvalue weighted by atomic mass is 9.88. The molecule has 3 N–H and O–H groups in total. The third-order valence-corrected chi connectivity index (χ3v) is 10.4. The number of hydrogen-bond donors (Lipinski definition) is 3. The molecule has 8 nitrogen and oxygen atoms in total. The molecule has 0 aliphatic carbocycles. The molecule has 3 aromatic carbocycles. The van der Waals surface area contributed by atoms with Crippen molar-refractivity contribution in [3.05, 3.63) is 125 Å². The number of nitrogens with zero attached hydrogens (tertiary/aromatic N) is 1. The van der Waals surface area contributed by atoms with Gasteiger partial charge in [0.05, 0.1) is 23.0 Å². The largest absolute Gasteiger partial charge is 0.324 e. The molecule has 1 amide bonds. The average molecular weight is 655 g/mol. The lowest BCUT2D eigenvalue weighted by Crippen LogP contribution is -2.63. The Morgan fingerprint density at radius 3 is 2.24 bits per heavy atom. The van der Waals surface area contributed by atoms with Gasteiger partial charge in [0.15, 0.2) is 9.84 Å². The normalized spacial score (nSPS) is 17.3. The highest BCUT2D eigenvalue weighted by Crippen LogP contribution is 2.33. The van der Waals surface area contributed by atoms with Crippen molar-refractivity contribution >= 4 is 27.7 Å². The number of aromatic nitrogens is 1. The van der Waals surface area contributed by atoms with Crippen molar-refractivity contribution in [3.8, 4) is 0 Å². The molecule has 1 aliphatic heterocycles. The topological polar surface area (TPSA) is 117 Å². The molecule has 2 atom stereocenters. The number of anilines is 1. The van der Waals surface area contributed by atoms with Gasteiger partial charge in [-0.2, -0.15) is 0 Å². The van der Waals surface area contributed by atoms with Crippen LogP contribution in [0.3, 0.4) is 0 Å². The molecular weight excluding hydrogens is 624 g/mol. The minimum Gasteiger partial charge on any atom is -0.324 e. The predicted molar refractivity (Wildman–Crippen MR) is 163 cm³/mol. The molecular formula is C33H30F4N4O4S. The van der Waals surface area contributed by atoms with Gasteiger partial charge in [0.25, 0.3) is 0 Å². The SMILES string of the molecule is O=Cc1ccc(S(=O)(=O)[C@@]2(CCc3c(F)cncc3NC(=O)C[C@@H](c3ccc(F)cc3)c3cc(F)cc(F)c3)CNCCN2)cc1. The lowest BCUT2D eigenvalue weighted by molar-refractivity contribution is -0.116. The first-order valence-electron chi connectivity index (χ1n) is 14.4. The molecule has 5 rings (SSSR count). The van der Waals surface area contributed by atoms with Crippen LogP contribution in [0, 0.1) is 23.3 Å². The summed E-state index contributed by atoms with van der Waals surface area (Å²) in [6.07, 6.45) is 2.23. The Kier molecular flexibility index (Phi) is 9.94. The Bertz CT molecular complexity index is 1810. The molecule has 0 saturated carbocycles. The molecule has 0 radical (unpaired) electrons. The first-order chi connectivity index (χ1) is 22.0. The zero-order chi connectivity index (χ0) is 32.9. The van der Waals surface area contributed by atoms with Gasteiger partial charge < -0.3 is 10.6 Å². The maximum atomic E-state index is 15.3. The Morgan fingerprint density at radius 2 is 1.61 bits per heavy atom. The van der Waals surface area contributed by atoms with Crippen LogP contribution in [0.4, 0.5) is 23.2 Å². The molecule has 0 spiro atoms. The number of rotatable bonds is 11. The van der Waals surface area contributed by atoms with E-state index in [-0.39, 0.29) is 47.5 Å². The van der Waals surface area contributed by atoms with Gasteiger partial charge in [0, 0.05) is 49.2 Å². The van der Waals surface area contributed by atoms with Crippen molar-refractivity contribution in [3.63, 3.8) is 0 Å². The van der Waals surface area contributed by atoms with E-state index in [1.807, 2.05) is 0 Å².